The molecule has 0 aliphatic heterocycles. The minimum atomic E-state index is 0.229. The highest BCUT2D eigenvalue weighted by atomic mass is 16.1. The molecule has 1 heteroatoms. The van der Waals surface area contributed by atoms with Crippen LogP contribution in [0.25, 0.3) is 0 Å². The second-order valence-corrected chi connectivity index (χ2v) is 5.67. The Balaban J connectivity index is 2.22. The smallest absolute Gasteiger partial charge is 0.162 e. The van der Waals surface area contributed by atoms with Crippen LogP contribution in [0.3, 0.4) is 0 Å². The molecule has 0 N–H and O–H groups in total. The maximum absolute atomic E-state index is 12.5. The number of Topliss-reactive ketones (excluding diaryl/α,β-unsaturated/α-hetero) is 1. The lowest BCUT2D eigenvalue weighted by molar-refractivity contribution is -0.121. The summed E-state index contributed by atoms with van der Waals surface area (Å²) in [4.78, 5) is 12.5. The van der Waals surface area contributed by atoms with Crippen molar-refractivity contribution < 1.29 is 4.79 Å². The molecule has 1 nitrogen and oxygen atoms in total. The van der Waals surface area contributed by atoms with Gasteiger partial charge in [-0.2, -0.15) is 0 Å². The van der Waals surface area contributed by atoms with E-state index in [1.807, 2.05) is 18.2 Å². The van der Waals surface area contributed by atoms with Crippen molar-refractivity contribution >= 4 is 5.78 Å². The molecular weight excluding hydrogens is 220 g/mol. The fourth-order valence-corrected chi connectivity index (χ4v) is 2.76. The maximum Gasteiger partial charge on any atom is 0.162 e. The quantitative estimate of drug-likeness (QED) is 0.777. The Morgan fingerprint density at radius 3 is 2.50 bits per heavy atom. The summed E-state index contributed by atoms with van der Waals surface area (Å²) in [5.41, 5.74) is 3.59. The van der Waals surface area contributed by atoms with Crippen molar-refractivity contribution in [3.8, 4) is 0 Å². The van der Waals surface area contributed by atoms with Crippen LogP contribution in [0.1, 0.15) is 39.2 Å². The van der Waals surface area contributed by atoms with Crippen LogP contribution in [-0.4, -0.2) is 5.78 Å². The molecule has 1 aromatic rings. The van der Waals surface area contributed by atoms with Gasteiger partial charge in [0.1, 0.15) is 0 Å². The zero-order chi connectivity index (χ0) is 13.1. The summed E-state index contributed by atoms with van der Waals surface area (Å²) in [5.74, 6) is 1.07. The van der Waals surface area contributed by atoms with Gasteiger partial charge in [-0.3, -0.25) is 4.79 Å². The molecule has 1 atom stereocenters. The number of ketones is 1. The third-order valence-electron chi connectivity index (χ3n) is 4.01. The fraction of sp³-hybridized carbons (Fsp3) is 0.471. The molecule has 0 aromatic heterocycles. The number of carbonyl (C=O) groups excluding carboxylic acids is 1. The summed E-state index contributed by atoms with van der Waals surface area (Å²) in [6, 6.07) is 10.3. The first-order valence-electron chi connectivity index (χ1n) is 6.86. The molecule has 1 aliphatic rings. The van der Waals surface area contributed by atoms with Crippen LogP contribution in [-0.2, 0) is 11.2 Å². The molecule has 0 saturated heterocycles. The van der Waals surface area contributed by atoms with Crippen LogP contribution in [0, 0.1) is 11.8 Å². The standard InChI is InChI=1S/C17H22O/c1-12(2)15-10-9-13(3)16(17(15)18)11-14-7-5-4-6-8-14/h4-8,12,15H,9-11H2,1-3H3. The molecule has 0 radical (unpaired) electrons. The second-order valence-electron chi connectivity index (χ2n) is 5.67. The lowest BCUT2D eigenvalue weighted by Gasteiger charge is -2.27. The van der Waals surface area contributed by atoms with E-state index >= 15 is 0 Å². The summed E-state index contributed by atoms with van der Waals surface area (Å²) >= 11 is 0. The lowest BCUT2D eigenvalue weighted by Crippen LogP contribution is -2.27. The first kappa shape index (κ1) is 13.1. The van der Waals surface area contributed by atoms with E-state index in [9.17, 15) is 4.79 Å². The largest absolute Gasteiger partial charge is 0.294 e. The molecule has 2 rings (SSSR count). The Labute approximate surface area is 110 Å². The van der Waals surface area contributed by atoms with Crippen LogP contribution >= 0.6 is 0 Å². The van der Waals surface area contributed by atoms with E-state index in [0.717, 1.165) is 24.8 Å². The highest BCUT2D eigenvalue weighted by molar-refractivity contribution is 5.99. The summed E-state index contributed by atoms with van der Waals surface area (Å²) in [5, 5.41) is 0. The van der Waals surface area contributed by atoms with Gasteiger partial charge in [0.25, 0.3) is 0 Å². The predicted octanol–water partition coefficient (Wildman–Crippen LogP) is 4.18. The van der Waals surface area contributed by atoms with Crippen molar-refractivity contribution in [2.45, 2.75) is 40.0 Å². The first-order chi connectivity index (χ1) is 8.59. The maximum atomic E-state index is 12.5. The number of hydrogen-bond donors (Lipinski definition) is 0. The van der Waals surface area contributed by atoms with Crippen molar-refractivity contribution in [2.24, 2.45) is 11.8 Å². The van der Waals surface area contributed by atoms with Gasteiger partial charge in [-0.15, -0.1) is 0 Å². The van der Waals surface area contributed by atoms with Gasteiger partial charge < -0.3 is 0 Å². The van der Waals surface area contributed by atoms with Gasteiger partial charge in [0.05, 0.1) is 0 Å². The van der Waals surface area contributed by atoms with E-state index in [4.69, 9.17) is 0 Å². The number of benzene rings is 1. The summed E-state index contributed by atoms with van der Waals surface area (Å²) in [6.07, 6.45) is 2.91. The van der Waals surface area contributed by atoms with E-state index in [1.165, 1.54) is 11.1 Å². The first-order valence-corrected chi connectivity index (χ1v) is 6.86. The zero-order valence-corrected chi connectivity index (χ0v) is 11.6. The Morgan fingerprint density at radius 1 is 1.22 bits per heavy atom. The van der Waals surface area contributed by atoms with Gasteiger partial charge in [-0.05, 0) is 36.8 Å². The minimum Gasteiger partial charge on any atom is -0.294 e. The SMILES string of the molecule is CC1=C(Cc2ccccc2)C(=O)C(C(C)C)CC1. The fourth-order valence-electron chi connectivity index (χ4n) is 2.76. The van der Waals surface area contributed by atoms with E-state index in [2.05, 4.69) is 32.9 Å². The molecule has 0 saturated carbocycles. The number of rotatable bonds is 3. The van der Waals surface area contributed by atoms with Gasteiger partial charge in [0.2, 0.25) is 0 Å². The van der Waals surface area contributed by atoms with E-state index in [1.54, 1.807) is 0 Å². The second kappa shape index (κ2) is 5.51. The van der Waals surface area contributed by atoms with E-state index < -0.39 is 0 Å². The molecule has 1 aromatic carbocycles. The third kappa shape index (κ3) is 2.72. The van der Waals surface area contributed by atoms with Crippen molar-refractivity contribution in [1.82, 2.24) is 0 Å². The number of hydrogen-bond acceptors (Lipinski definition) is 1. The average molecular weight is 242 g/mol. The van der Waals surface area contributed by atoms with E-state index in [0.29, 0.717) is 11.7 Å². The molecule has 1 unspecified atom stereocenters. The van der Waals surface area contributed by atoms with Gasteiger partial charge in [-0.25, -0.2) is 0 Å². The Bertz CT molecular complexity index is 454. The molecule has 1 aliphatic carbocycles. The van der Waals surface area contributed by atoms with Gasteiger partial charge in [0, 0.05) is 12.3 Å². The van der Waals surface area contributed by atoms with Gasteiger partial charge in [0.15, 0.2) is 5.78 Å². The molecule has 0 bridgehead atoms. The average Bonchev–Trinajstić information content (AvgIpc) is 2.35. The van der Waals surface area contributed by atoms with Crippen molar-refractivity contribution in [1.29, 1.82) is 0 Å². The Kier molecular flexibility index (Phi) is 4.00. The van der Waals surface area contributed by atoms with Gasteiger partial charge in [-0.1, -0.05) is 49.8 Å². The van der Waals surface area contributed by atoms with Crippen LogP contribution in [0.4, 0.5) is 0 Å². The highest BCUT2D eigenvalue weighted by Gasteiger charge is 2.29. The van der Waals surface area contributed by atoms with Crippen molar-refractivity contribution in [3.63, 3.8) is 0 Å². The molecule has 0 amide bonds. The van der Waals surface area contributed by atoms with Crippen molar-refractivity contribution in [2.75, 3.05) is 0 Å². The third-order valence-corrected chi connectivity index (χ3v) is 4.01. The van der Waals surface area contributed by atoms with Crippen molar-refractivity contribution in [3.05, 3.63) is 47.0 Å². The monoisotopic (exact) mass is 242 g/mol. The molecule has 18 heavy (non-hydrogen) atoms. The van der Waals surface area contributed by atoms with Crippen LogP contribution in [0.5, 0.6) is 0 Å². The van der Waals surface area contributed by atoms with Gasteiger partial charge >= 0.3 is 0 Å². The lowest BCUT2D eigenvalue weighted by atomic mass is 9.76. The molecular formula is C17H22O. The van der Waals surface area contributed by atoms with Crippen LogP contribution in [0.15, 0.2) is 41.5 Å². The summed E-state index contributed by atoms with van der Waals surface area (Å²) in [7, 11) is 0. The van der Waals surface area contributed by atoms with E-state index in [-0.39, 0.29) is 5.92 Å². The topological polar surface area (TPSA) is 17.1 Å². The number of carbonyl (C=O) groups is 1. The molecule has 0 heterocycles. The summed E-state index contributed by atoms with van der Waals surface area (Å²) < 4.78 is 0. The molecule has 0 fully saturated rings. The summed E-state index contributed by atoms with van der Waals surface area (Å²) in [6.45, 7) is 6.43. The minimum absolute atomic E-state index is 0.229. The van der Waals surface area contributed by atoms with Crippen LogP contribution < -0.4 is 0 Å². The molecule has 96 valence electrons. The Hall–Kier alpha value is -1.37. The molecule has 0 spiro atoms. The number of allylic oxidation sites excluding steroid dienone is 2. The predicted molar refractivity (Wildman–Crippen MR) is 75.4 cm³/mol. The zero-order valence-electron chi connectivity index (χ0n) is 11.6. The normalized spacial score (nSPS) is 20.7. The highest BCUT2D eigenvalue weighted by Crippen LogP contribution is 2.32. The Morgan fingerprint density at radius 2 is 1.89 bits per heavy atom. The van der Waals surface area contributed by atoms with Crippen LogP contribution in [0.2, 0.25) is 0 Å².